The number of aryl methyl sites for hydroxylation is 1. The predicted octanol–water partition coefficient (Wildman–Crippen LogP) is 3.19. The number of rotatable bonds is 4. The molecule has 6 heteroatoms. The minimum absolute atomic E-state index is 0.159. The van der Waals surface area contributed by atoms with E-state index in [4.69, 9.17) is 11.6 Å². The molecule has 21 heavy (non-hydrogen) atoms. The maximum atomic E-state index is 11.9. The van der Waals surface area contributed by atoms with Gasteiger partial charge in [-0.1, -0.05) is 11.6 Å². The highest BCUT2D eigenvalue weighted by atomic mass is 35.5. The summed E-state index contributed by atoms with van der Waals surface area (Å²) in [7, 11) is 0. The molecule has 0 aliphatic heterocycles. The van der Waals surface area contributed by atoms with Gasteiger partial charge >= 0.3 is 0 Å². The summed E-state index contributed by atoms with van der Waals surface area (Å²) < 4.78 is 2.14. The Balaban J connectivity index is 2.04. The van der Waals surface area contributed by atoms with Gasteiger partial charge in [0.15, 0.2) is 0 Å². The highest BCUT2D eigenvalue weighted by Gasteiger charge is 2.09. The summed E-state index contributed by atoms with van der Waals surface area (Å²) in [5, 5.41) is 4.11. The number of nitrogens with zero attached hydrogens (tertiary/aromatic N) is 3. The lowest BCUT2D eigenvalue weighted by atomic mass is 10.3. The smallest absolute Gasteiger partial charge is 0.274 e. The highest BCUT2D eigenvalue weighted by Crippen LogP contribution is 2.13. The van der Waals surface area contributed by atoms with Crippen LogP contribution in [0.1, 0.15) is 41.5 Å². The molecule has 0 atom stereocenters. The second-order valence-electron chi connectivity index (χ2n) is 4.96. The average molecular weight is 305 g/mol. The summed E-state index contributed by atoms with van der Waals surface area (Å²) in [6.07, 6.45) is 5.13. The predicted molar refractivity (Wildman–Crippen MR) is 83.9 cm³/mol. The quantitative estimate of drug-likeness (QED) is 0.536. The third-order valence-electron chi connectivity index (χ3n) is 3.01. The molecule has 2 rings (SSSR count). The van der Waals surface area contributed by atoms with Crippen LogP contribution in [0.15, 0.2) is 35.7 Å². The molecule has 0 aliphatic carbocycles. The van der Waals surface area contributed by atoms with Gasteiger partial charge in [-0.2, -0.15) is 5.10 Å². The van der Waals surface area contributed by atoms with Gasteiger partial charge in [0.05, 0.1) is 11.8 Å². The summed E-state index contributed by atoms with van der Waals surface area (Å²) in [5.74, 6) is -0.385. The molecule has 0 bridgehead atoms. The van der Waals surface area contributed by atoms with E-state index in [1.165, 1.54) is 6.20 Å². The average Bonchev–Trinajstić information content (AvgIpc) is 2.80. The zero-order valence-electron chi connectivity index (χ0n) is 12.2. The Morgan fingerprint density at radius 3 is 2.90 bits per heavy atom. The molecular weight excluding hydrogens is 288 g/mol. The van der Waals surface area contributed by atoms with Crippen LogP contribution in [0.5, 0.6) is 0 Å². The summed E-state index contributed by atoms with van der Waals surface area (Å²) in [4.78, 5) is 15.7. The van der Waals surface area contributed by atoms with Crippen molar-refractivity contribution >= 4 is 23.7 Å². The van der Waals surface area contributed by atoms with Gasteiger partial charge in [-0.15, -0.1) is 0 Å². The minimum Gasteiger partial charge on any atom is -0.349 e. The Kier molecular flexibility index (Phi) is 4.75. The standard InChI is InChI=1S/C15H17ClN4O/c1-10(2)20-9-12(7-11(20)3)8-18-19-15(21)13-5-4-6-17-14(13)16/h4-10H,1-3H3,(H,19,21)/b18-8-. The number of nitrogens with one attached hydrogen (secondary N) is 1. The van der Waals surface area contributed by atoms with E-state index in [1.807, 2.05) is 19.2 Å². The molecule has 0 unspecified atom stereocenters. The van der Waals surface area contributed by atoms with Crippen molar-refractivity contribution in [3.63, 3.8) is 0 Å². The number of hydrogen-bond donors (Lipinski definition) is 1. The lowest BCUT2D eigenvalue weighted by molar-refractivity contribution is 0.0955. The molecule has 0 radical (unpaired) electrons. The lowest BCUT2D eigenvalue weighted by Crippen LogP contribution is -2.18. The molecular formula is C15H17ClN4O. The largest absolute Gasteiger partial charge is 0.349 e. The van der Waals surface area contributed by atoms with Crippen molar-refractivity contribution in [1.29, 1.82) is 0 Å². The van der Waals surface area contributed by atoms with Crippen LogP contribution < -0.4 is 5.43 Å². The van der Waals surface area contributed by atoms with Gasteiger partial charge in [0.1, 0.15) is 5.15 Å². The third kappa shape index (κ3) is 3.70. The van der Waals surface area contributed by atoms with E-state index >= 15 is 0 Å². The van der Waals surface area contributed by atoms with Crippen molar-refractivity contribution in [2.75, 3.05) is 0 Å². The van der Waals surface area contributed by atoms with E-state index in [-0.39, 0.29) is 11.1 Å². The molecule has 2 aromatic rings. The SMILES string of the molecule is Cc1cc(/C=N\NC(=O)c2cccnc2Cl)cn1C(C)C. The van der Waals surface area contributed by atoms with Gasteiger partial charge in [-0.05, 0) is 39.0 Å². The van der Waals surface area contributed by atoms with Crippen molar-refractivity contribution in [1.82, 2.24) is 15.0 Å². The summed E-state index contributed by atoms with van der Waals surface area (Å²) in [6, 6.07) is 5.64. The van der Waals surface area contributed by atoms with E-state index in [9.17, 15) is 4.79 Å². The number of carbonyl (C=O) groups is 1. The first kappa shape index (κ1) is 15.3. The lowest BCUT2D eigenvalue weighted by Gasteiger charge is -2.08. The molecule has 110 valence electrons. The maximum Gasteiger partial charge on any atom is 0.274 e. The van der Waals surface area contributed by atoms with Crippen LogP contribution in [-0.4, -0.2) is 21.7 Å². The van der Waals surface area contributed by atoms with Crippen molar-refractivity contribution in [2.45, 2.75) is 26.8 Å². The molecule has 1 N–H and O–H groups in total. The fraction of sp³-hybridized carbons (Fsp3) is 0.267. The van der Waals surface area contributed by atoms with Gasteiger partial charge in [0.25, 0.3) is 5.91 Å². The fourth-order valence-corrected chi connectivity index (χ4v) is 2.23. The monoisotopic (exact) mass is 304 g/mol. The van der Waals surface area contributed by atoms with Crippen molar-refractivity contribution in [2.24, 2.45) is 5.10 Å². The fourth-order valence-electron chi connectivity index (χ4n) is 2.02. The van der Waals surface area contributed by atoms with Crippen molar-refractivity contribution in [3.05, 3.63) is 52.6 Å². The van der Waals surface area contributed by atoms with Crippen molar-refractivity contribution < 1.29 is 4.79 Å². The number of amides is 1. The molecule has 5 nitrogen and oxygen atoms in total. The van der Waals surface area contributed by atoms with Crippen LogP contribution in [-0.2, 0) is 0 Å². The maximum absolute atomic E-state index is 11.9. The Labute approximate surface area is 128 Å². The van der Waals surface area contributed by atoms with Crippen LogP contribution >= 0.6 is 11.6 Å². The van der Waals surface area contributed by atoms with Crippen LogP contribution in [0.4, 0.5) is 0 Å². The first-order chi connectivity index (χ1) is 9.99. The molecule has 0 aromatic carbocycles. The van der Waals surface area contributed by atoms with Gasteiger partial charge in [-0.25, -0.2) is 10.4 Å². The van der Waals surface area contributed by atoms with E-state index in [0.29, 0.717) is 11.6 Å². The molecule has 1 amide bonds. The third-order valence-corrected chi connectivity index (χ3v) is 3.31. The number of hydrogen-bond acceptors (Lipinski definition) is 3. The van der Waals surface area contributed by atoms with Gasteiger partial charge < -0.3 is 4.57 Å². The molecule has 0 fully saturated rings. The van der Waals surface area contributed by atoms with Gasteiger partial charge in [-0.3, -0.25) is 4.79 Å². The van der Waals surface area contributed by atoms with E-state index < -0.39 is 0 Å². The summed E-state index contributed by atoms with van der Waals surface area (Å²) in [5.41, 5.74) is 4.82. The van der Waals surface area contributed by atoms with E-state index in [2.05, 4.69) is 33.9 Å². The zero-order valence-corrected chi connectivity index (χ0v) is 12.9. The second kappa shape index (κ2) is 6.54. The Bertz CT molecular complexity index is 676. The van der Waals surface area contributed by atoms with Crippen molar-refractivity contribution in [3.8, 4) is 0 Å². The first-order valence-electron chi connectivity index (χ1n) is 6.61. The second-order valence-corrected chi connectivity index (χ2v) is 5.31. The first-order valence-corrected chi connectivity index (χ1v) is 6.99. The molecule has 0 saturated heterocycles. The van der Waals surface area contributed by atoms with Gasteiger partial charge in [0, 0.05) is 29.7 Å². The van der Waals surface area contributed by atoms with E-state index in [1.54, 1.807) is 18.3 Å². The van der Waals surface area contributed by atoms with Crippen LogP contribution in [0.25, 0.3) is 0 Å². The number of halogens is 1. The number of aromatic nitrogens is 2. The van der Waals surface area contributed by atoms with Crippen LogP contribution in [0, 0.1) is 6.92 Å². The van der Waals surface area contributed by atoms with Crippen LogP contribution in [0.3, 0.4) is 0 Å². The van der Waals surface area contributed by atoms with Crippen LogP contribution in [0.2, 0.25) is 5.15 Å². The molecule has 0 saturated carbocycles. The normalized spacial score (nSPS) is 11.3. The zero-order chi connectivity index (χ0) is 15.4. The topological polar surface area (TPSA) is 59.3 Å². The number of carbonyl (C=O) groups excluding carboxylic acids is 1. The molecule has 2 aromatic heterocycles. The molecule has 0 spiro atoms. The number of pyridine rings is 1. The van der Waals surface area contributed by atoms with Gasteiger partial charge in [0.2, 0.25) is 0 Å². The summed E-state index contributed by atoms with van der Waals surface area (Å²) >= 11 is 5.85. The summed E-state index contributed by atoms with van der Waals surface area (Å²) in [6.45, 7) is 6.26. The Hall–Kier alpha value is -2.14. The molecule has 0 aliphatic rings. The molecule has 2 heterocycles. The Morgan fingerprint density at radius 1 is 1.52 bits per heavy atom. The number of hydrazone groups is 1. The highest BCUT2D eigenvalue weighted by molar-refractivity contribution is 6.32. The minimum atomic E-state index is -0.385. The Morgan fingerprint density at radius 2 is 2.29 bits per heavy atom. The van der Waals surface area contributed by atoms with E-state index in [0.717, 1.165) is 11.3 Å².